The van der Waals surface area contributed by atoms with Gasteiger partial charge in [0.15, 0.2) is 6.19 Å². The Hall–Kier alpha value is -4.31. The van der Waals surface area contributed by atoms with Crippen LogP contribution in [-0.4, -0.2) is 75.6 Å². The summed E-state index contributed by atoms with van der Waals surface area (Å²) in [5, 5.41) is 17.4. The second-order valence-electron chi connectivity index (χ2n) is 13.6. The Morgan fingerprint density at radius 1 is 1.15 bits per heavy atom. The van der Waals surface area contributed by atoms with Crippen LogP contribution in [0.25, 0.3) is 0 Å². The van der Waals surface area contributed by atoms with Crippen molar-refractivity contribution in [1.29, 1.82) is 5.26 Å². The molecule has 252 valence electrons. The van der Waals surface area contributed by atoms with Crippen molar-refractivity contribution in [2.45, 2.75) is 108 Å². The quantitative estimate of drug-likeness (QED) is 0.249. The van der Waals surface area contributed by atoms with Crippen molar-refractivity contribution in [2.75, 3.05) is 6.54 Å². The van der Waals surface area contributed by atoms with Crippen molar-refractivity contribution in [3.05, 3.63) is 46.5 Å². The molecule has 5 atom stereocenters. The van der Waals surface area contributed by atoms with Crippen LogP contribution < -0.4 is 16.0 Å². The highest BCUT2D eigenvalue weighted by atomic mass is 35.5. The number of carbonyl (C=O) groups excluding carboxylic acids is 5. The third-order valence-corrected chi connectivity index (χ3v) is 9.31. The van der Waals surface area contributed by atoms with Gasteiger partial charge in [-0.2, -0.15) is 5.26 Å². The van der Waals surface area contributed by atoms with Gasteiger partial charge in [-0.1, -0.05) is 48.7 Å². The summed E-state index contributed by atoms with van der Waals surface area (Å²) in [6.07, 6.45) is 6.78. The Balaban J connectivity index is 1.39. The molecule has 1 saturated heterocycles. The Morgan fingerprint density at radius 2 is 1.94 bits per heavy atom. The predicted molar refractivity (Wildman–Crippen MR) is 169 cm³/mol. The maximum Gasteiger partial charge on any atom is 0.410 e. The minimum absolute atomic E-state index is 0.0273. The highest BCUT2D eigenvalue weighted by molar-refractivity contribution is 6.31. The van der Waals surface area contributed by atoms with Crippen LogP contribution in [0.1, 0.15) is 76.8 Å². The fourth-order valence-electron chi connectivity index (χ4n) is 6.50. The van der Waals surface area contributed by atoms with Crippen molar-refractivity contribution in [1.82, 2.24) is 25.8 Å². The second kappa shape index (κ2) is 13.8. The first kappa shape index (κ1) is 34.0. The molecular weight excluding hydrogens is 628 g/mol. The smallest absolute Gasteiger partial charge is 0.410 e. The predicted octanol–water partition coefficient (Wildman–Crippen LogP) is 3.65. The topological polar surface area (TPSA) is 170 Å². The zero-order chi connectivity index (χ0) is 33.9. The summed E-state index contributed by atoms with van der Waals surface area (Å²) in [6.45, 7) is 5.62. The van der Waals surface area contributed by atoms with Gasteiger partial charge in [-0.3, -0.25) is 24.6 Å². The lowest BCUT2D eigenvalue weighted by Gasteiger charge is -2.30. The van der Waals surface area contributed by atoms with E-state index in [0.717, 1.165) is 30.4 Å². The van der Waals surface area contributed by atoms with Gasteiger partial charge in [-0.25, -0.2) is 9.59 Å². The second-order valence-corrected chi connectivity index (χ2v) is 14.0. The number of amides is 5. The summed E-state index contributed by atoms with van der Waals surface area (Å²) >= 11 is 6.33. The lowest BCUT2D eigenvalue weighted by molar-refractivity contribution is -0.141. The van der Waals surface area contributed by atoms with Crippen LogP contribution in [0.3, 0.4) is 0 Å². The van der Waals surface area contributed by atoms with E-state index in [2.05, 4.69) is 16.0 Å². The first-order valence-electron chi connectivity index (χ1n) is 16.0. The van der Waals surface area contributed by atoms with Crippen molar-refractivity contribution >= 4 is 41.5 Å². The van der Waals surface area contributed by atoms with Crippen LogP contribution in [0.15, 0.2) is 30.4 Å². The summed E-state index contributed by atoms with van der Waals surface area (Å²) in [5.41, 5.74) is -0.396. The number of nitriles is 1. The van der Waals surface area contributed by atoms with Crippen LogP contribution >= 0.6 is 11.6 Å². The average molecular weight is 669 g/mol. The fraction of sp³-hybridized carbons (Fsp3) is 0.576. The monoisotopic (exact) mass is 668 g/mol. The van der Waals surface area contributed by atoms with Crippen LogP contribution in [-0.2, 0) is 36.9 Å². The van der Waals surface area contributed by atoms with Crippen molar-refractivity contribution < 1.29 is 33.4 Å². The summed E-state index contributed by atoms with van der Waals surface area (Å²) in [6, 6.07) is 3.34. The molecule has 5 rings (SSSR count). The summed E-state index contributed by atoms with van der Waals surface area (Å²) in [4.78, 5) is 70.1. The first-order valence-corrected chi connectivity index (χ1v) is 16.4. The molecule has 5 amide bonds. The summed E-state index contributed by atoms with van der Waals surface area (Å²) in [7, 11) is 0. The third kappa shape index (κ3) is 7.81. The number of benzene rings is 1. The molecule has 1 aromatic rings. The SMILES string of the molecule is CC(C)(C)OC(=O)N[C@H]1CCCCC/C=C\[C@@H]2C[C@@]2(C(=O)NC#N)NC(=O)C2C[C@@H](OC(=O)N3Cc4cccc(Cl)c4C3)CN2C1=O. The van der Waals surface area contributed by atoms with E-state index in [0.29, 0.717) is 30.8 Å². The van der Waals surface area contributed by atoms with Gasteiger partial charge in [0, 0.05) is 23.9 Å². The van der Waals surface area contributed by atoms with Gasteiger partial charge in [-0.15, -0.1) is 0 Å². The number of rotatable bonds is 3. The maximum absolute atomic E-state index is 14.2. The maximum atomic E-state index is 14.2. The number of ether oxygens (including phenoxy) is 2. The Bertz CT molecular complexity index is 1500. The number of nitrogens with one attached hydrogen (secondary N) is 3. The number of alkyl carbamates (subject to hydrolysis) is 1. The van der Waals surface area contributed by atoms with Crippen LogP contribution in [0.5, 0.6) is 0 Å². The summed E-state index contributed by atoms with van der Waals surface area (Å²) < 4.78 is 11.3. The normalized spacial score (nSPS) is 28.2. The van der Waals surface area contributed by atoms with Gasteiger partial charge in [-0.05, 0) is 63.6 Å². The van der Waals surface area contributed by atoms with E-state index in [1.807, 2.05) is 24.3 Å². The highest BCUT2D eigenvalue weighted by Crippen LogP contribution is 2.45. The molecule has 3 N–H and O–H groups in total. The molecule has 4 aliphatic rings. The fourth-order valence-corrected chi connectivity index (χ4v) is 6.76. The molecule has 1 saturated carbocycles. The van der Waals surface area contributed by atoms with E-state index in [1.165, 1.54) is 9.80 Å². The Labute approximate surface area is 278 Å². The molecule has 0 aromatic heterocycles. The standard InChI is InChI=1S/C33H41ClN6O7/c1-32(2,3)47-30(44)37-25-13-8-6-4-5-7-11-21-15-33(21,29(43)36-19-35)38-27(41)26-14-22(17-40(26)28(25)42)46-31(45)39-16-20-10-9-12-24(34)23(20)18-39/h7,9-12,21-22,25-26H,4-6,8,13-18H2,1-3H3,(H,36,43)(H,37,44)(H,38,41)/b11-7-/t21-,22-,25+,26?,33-/m1/s1. The Morgan fingerprint density at radius 3 is 2.66 bits per heavy atom. The summed E-state index contributed by atoms with van der Waals surface area (Å²) in [5.74, 6) is -2.10. The van der Waals surface area contributed by atoms with Gasteiger partial charge in [0.25, 0.3) is 5.91 Å². The van der Waals surface area contributed by atoms with E-state index in [1.54, 1.807) is 33.0 Å². The molecule has 0 radical (unpaired) electrons. The third-order valence-electron chi connectivity index (χ3n) is 8.96. The van der Waals surface area contributed by atoms with Crippen molar-refractivity contribution in [3.63, 3.8) is 0 Å². The lowest BCUT2D eigenvalue weighted by atomic mass is 10.0. The number of fused-ring (bicyclic) bond motifs is 3. The van der Waals surface area contributed by atoms with Crippen molar-refractivity contribution in [3.8, 4) is 6.19 Å². The first-order chi connectivity index (χ1) is 22.3. The van der Waals surface area contributed by atoms with Gasteiger partial charge in [0.1, 0.15) is 29.3 Å². The van der Waals surface area contributed by atoms with E-state index < -0.39 is 59.2 Å². The van der Waals surface area contributed by atoms with E-state index in [9.17, 15) is 24.0 Å². The van der Waals surface area contributed by atoms with Gasteiger partial charge >= 0.3 is 12.2 Å². The molecule has 47 heavy (non-hydrogen) atoms. The molecule has 3 aliphatic heterocycles. The average Bonchev–Trinajstić information content (AvgIpc) is 3.31. The number of carbonyl (C=O) groups is 5. The highest BCUT2D eigenvalue weighted by Gasteiger charge is 2.61. The van der Waals surface area contributed by atoms with Gasteiger partial charge < -0.3 is 25.0 Å². The molecule has 2 fully saturated rings. The zero-order valence-electron chi connectivity index (χ0n) is 26.8. The molecule has 1 aromatic carbocycles. The molecule has 1 aliphatic carbocycles. The minimum Gasteiger partial charge on any atom is -0.444 e. The number of allylic oxidation sites excluding steroid dienone is 1. The van der Waals surface area contributed by atoms with Gasteiger partial charge in [0.05, 0.1) is 13.1 Å². The molecule has 13 nitrogen and oxygen atoms in total. The van der Waals surface area contributed by atoms with Crippen molar-refractivity contribution in [2.24, 2.45) is 5.92 Å². The number of hydrogen-bond donors (Lipinski definition) is 3. The van der Waals surface area contributed by atoms with Crippen LogP contribution in [0.4, 0.5) is 9.59 Å². The molecule has 14 heteroatoms. The lowest BCUT2D eigenvalue weighted by Crippen LogP contribution is -2.57. The molecule has 1 unspecified atom stereocenters. The molecule has 0 spiro atoms. The Kier molecular flexibility index (Phi) is 10.0. The number of halogens is 1. The number of hydrogen-bond acceptors (Lipinski definition) is 8. The van der Waals surface area contributed by atoms with E-state index in [4.69, 9.17) is 26.3 Å². The van der Waals surface area contributed by atoms with E-state index >= 15 is 0 Å². The van der Waals surface area contributed by atoms with Crippen LogP contribution in [0, 0.1) is 17.4 Å². The molecular formula is C33H41ClN6O7. The van der Waals surface area contributed by atoms with E-state index in [-0.39, 0.29) is 25.4 Å². The molecule has 0 bridgehead atoms. The molecule has 3 heterocycles. The van der Waals surface area contributed by atoms with Crippen LogP contribution in [0.2, 0.25) is 5.02 Å². The number of nitrogens with zero attached hydrogens (tertiary/aromatic N) is 3. The zero-order valence-corrected chi connectivity index (χ0v) is 27.6. The minimum atomic E-state index is -1.35. The largest absolute Gasteiger partial charge is 0.444 e. The van der Waals surface area contributed by atoms with Gasteiger partial charge in [0.2, 0.25) is 11.8 Å².